The van der Waals surface area contributed by atoms with Crippen LogP contribution in [-0.4, -0.2) is 36.6 Å². The molecule has 1 atom stereocenters. The summed E-state index contributed by atoms with van der Waals surface area (Å²) in [5.74, 6) is 0. The average Bonchev–Trinajstić information content (AvgIpc) is 2.57. The highest BCUT2D eigenvalue weighted by atomic mass is 35.5. The summed E-state index contributed by atoms with van der Waals surface area (Å²) in [4.78, 5) is 6.80. The summed E-state index contributed by atoms with van der Waals surface area (Å²) < 4.78 is 5.23. The predicted octanol–water partition coefficient (Wildman–Crippen LogP) is 2.80. The largest absolute Gasteiger partial charge is 0.380 e. The van der Waals surface area contributed by atoms with Crippen molar-refractivity contribution in [2.24, 2.45) is 0 Å². The molecule has 124 valence electrons. The Labute approximate surface area is 144 Å². The molecule has 2 heterocycles. The summed E-state index contributed by atoms with van der Waals surface area (Å²) in [5, 5.41) is 3.49. The quantitative estimate of drug-likeness (QED) is 0.913. The summed E-state index contributed by atoms with van der Waals surface area (Å²) in [6, 6.07) is 13.2. The van der Waals surface area contributed by atoms with Crippen LogP contribution in [0.15, 0.2) is 48.8 Å². The third kappa shape index (κ3) is 4.75. The van der Waals surface area contributed by atoms with E-state index in [4.69, 9.17) is 4.74 Å². The van der Waals surface area contributed by atoms with Crippen LogP contribution in [-0.2, 0) is 17.9 Å². The fraction of sp³-hybridized carbons (Fsp3) is 0.389. The number of aromatic nitrogens is 1. The van der Waals surface area contributed by atoms with Crippen LogP contribution in [0, 0.1) is 0 Å². The van der Waals surface area contributed by atoms with E-state index >= 15 is 0 Å². The topological polar surface area (TPSA) is 37.4 Å². The van der Waals surface area contributed by atoms with E-state index < -0.39 is 0 Å². The molecule has 2 aromatic rings. The maximum atomic E-state index is 5.23. The van der Waals surface area contributed by atoms with Crippen LogP contribution in [0.25, 0.3) is 0 Å². The lowest BCUT2D eigenvalue weighted by Gasteiger charge is -2.36. The Bertz CT molecular complexity index is 594. The number of ether oxygens (including phenoxy) is 1. The first-order valence-corrected chi connectivity index (χ1v) is 7.78. The second-order valence-electron chi connectivity index (χ2n) is 5.73. The van der Waals surface area contributed by atoms with Crippen molar-refractivity contribution in [2.45, 2.75) is 19.2 Å². The Kier molecular flexibility index (Phi) is 6.99. The number of methoxy groups -OCH3 is 1. The molecule has 5 heteroatoms. The Morgan fingerprint density at radius 2 is 2.13 bits per heavy atom. The molecule has 1 N–H and O–H groups in total. The molecule has 0 aliphatic carbocycles. The maximum Gasteiger partial charge on any atom is 0.0713 e. The molecule has 0 radical (unpaired) electrons. The molecule has 1 aromatic carbocycles. The Morgan fingerprint density at radius 3 is 2.91 bits per heavy atom. The van der Waals surface area contributed by atoms with Crippen LogP contribution in [0.2, 0.25) is 0 Å². The fourth-order valence-corrected chi connectivity index (χ4v) is 3.06. The molecule has 0 amide bonds. The zero-order chi connectivity index (χ0) is 15.2. The summed E-state index contributed by atoms with van der Waals surface area (Å²) in [7, 11) is 1.74. The number of benzene rings is 1. The van der Waals surface area contributed by atoms with Crippen molar-refractivity contribution in [3.8, 4) is 0 Å². The molecule has 1 aliphatic rings. The van der Waals surface area contributed by atoms with Gasteiger partial charge in [0, 0.05) is 51.7 Å². The maximum absolute atomic E-state index is 5.23. The van der Waals surface area contributed by atoms with Gasteiger partial charge in [0.05, 0.1) is 6.61 Å². The molecule has 1 aliphatic heterocycles. The number of hydrogen-bond acceptors (Lipinski definition) is 4. The molecule has 1 aromatic heterocycles. The van der Waals surface area contributed by atoms with Gasteiger partial charge in [0.15, 0.2) is 0 Å². The number of hydrogen-bond donors (Lipinski definition) is 1. The smallest absolute Gasteiger partial charge is 0.0713 e. The molecule has 1 fully saturated rings. The van der Waals surface area contributed by atoms with Crippen molar-refractivity contribution in [3.05, 3.63) is 65.5 Å². The first-order chi connectivity index (χ1) is 10.9. The van der Waals surface area contributed by atoms with Crippen LogP contribution in [0.1, 0.15) is 22.7 Å². The molecule has 4 nitrogen and oxygen atoms in total. The molecule has 1 saturated heterocycles. The lowest BCUT2D eigenvalue weighted by molar-refractivity contribution is 0.153. The monoisotopic (exact) mass is 333 g/mol. The molecule has 0 spiro atoms. The Hall–Kier alpha value is -1.46. The highest BCUT2D eigenvalue weighted by Crippen LogP contribution is 2.23. The molecular weight excluding hydrogens is 310 g/mol. The standard InChI is InChI=1S/C18H23N3O.ClH/c1-22-14-16-5-2-4-15(10-16)13-21-9-8-20-12-18(21)17-6-3-7-19-11-17;/h2-7,10-11,18,20H,8-9,12-14H2,1H3;1H. The van der Waals surface area contributed by atoms with Gasteiger partial charge in [-0.3, -0.25) is 9.88 Å². The van der Waals surface area contributed by atoms with Crippen LogP contribution < -0.4 is 5.32 Å². The van der Waals surface area contributed by atoms with Gasteiger partial charge in [-0.15, -0.1) is 12.4 Å². The number of rotatable bonds is 5. The molecular formula is C18H24ClN3O. The summed E-state index contributed by atoms with van der Waals surface area (Å²) >= 11 is 0. The molecule has 0 bridgehead atoms. The SMILES string of the molecule is COCc1cccc(CN2CCNCC2c2cccnc2)c1.Cl. The molecule has 1 unspecified atom stereocenters. The number of nitrogens with one attached hydrogen (secondary N) is 1. The van der Waals surface area contributed by atoms with Crippen LogP contribution >= 0.6 is 12.4 Å². The van der Waals surface area contributed by atoms with Gasteiger partial charge >= 0.3 is 0 Å². The van der Waals surface area contributed by atoms with Crippen molar-refractivity contribution in [1.82, 2.24) is 15.2 Å². The van der Waals surface area contributed by atoms with Gasteiger partial charge in [-0.05, 0) is 22.8 Å². The number of halogens is 1. The minimum Gasteiger partial charge on any atom is -0.380 e. The second kappa shape index (κ2) is 8.99. The zero-order valence-corrected chi connectivity index (χ0v) is 14.3. The highest BCUT2D eigenvalue weighted by Gasteiger charge is 2.23. The van der Waals surface area contributed by atoms with Crippen molar-refractivity contribution >= 4 is 12.4 Å². The van der Waals surface area contributed by atoms with Crippen LogP contribution in [0.3, 0.4) is 0 Å². The van der Waals surface area contributed by atoms with Gasteiger partial charge in [0.2, 0.25) is 0 Å². The van der Waals surface area contributed by atoms with E-state index in [-0.39, 0.29) is 12.4 Å². The van der Waals surface area contributed by atoms with Crippen LogP contribution in [0.5, 0.6) is 0 Å². The average molecular weight is 334 g/mol. The highest BCUT2D eigenvalue weighted by molar-refractivity contribution is 5.85. The number of piperazine rings is 1. The van der Waals surface area contributed by atoms with E-state index in [2.05, 4.69) is 45.5 Å². The summed E-state index contributed by atoms with van der Waals surface area (Å²) in [6.45, 7) is 4.69. The zero-order valence-electron chi connectivity index (χ0n) is 13.4. The molecule has 3 rings (SSSR count). The fourth-order valence-electron chi connectivity index (χ4n) is 3.06. The van der Waals surface area contributed by atoms with E-state index in [0.717, 1.165) is 26.2 Å². The second-order valence-corrected chi connectivity index (χ2v) is 5.73. The lowest BCUT2D eigenvalue weighted by Crippen LogP contribution is -2.45. The predicted molar refractivity (Wildman–Crippen MR) is 94.7 cm³/mol. The lowest BCUT2D eigenvalue weighted by atomic mass is 10.0. The molecule has 23 heavy (non-hydrogen) atoms. The summed E-state index contributed by atoms with van der Waals surface area (Å²) in [6.07, 6.45) is 3.81. The minimum atomic E-state index is 0. The first kappa shape index (κ1) is 17.9. The van der Waals surface area contributed by atoms with E-state index in [1.165, 1.54) is 16.7 Å². The van der Waals surface area contributed by atoms with Crippen molar-refractivity contribution in [2.75, 3.05) is 26.7 Å². The van der Waals surface area contributed by atoms with E-state index in [1.807, 2.05) is 18.5 Å². The first-order valence-electron chi connectivity index (χ1n) is 7.78. The normalized spacial score (nSPS) is 18.4. The van der Waals surface area contributed by atoms with Gasteiger partial charge in [-0.25, -0.2) is 0 Å². The summed E-state index contributed by atoms with van der Waals surface area (Å²) in [5.41, 5.74) is 3.85. The van der Waals surface area contributed by atoms with Gasteiger partial charge in [-0.1, -0.05) is 30.3 Å². The molecule has 0 saturated carbocycles. The van der Waals surface area contributed by atoms with Crippen molar-refractivity contribution in [1.29, 1.82) is 0 Å². The number of pyridine rings is 1. The Balaban J connectivity index is 0.00000192. The van der Waals surface area contributed by atoms with Gasteiger partial charge in [-0.2, -0.15) is 0 Å². The van der Waals surface area contributed by atoms with E-state index in [0.29, 0.717) is 12.6 Å². The number of nitrogens with zero attached hydrogens (tertiary/aromatic N) is 2. The van der Waals surface area contributed by atoms with Crippen molar-refractivity contribution in [3.63, 3.8) is 0 Å². The third-order valence-corrected chi connectivity index (χ3v) is 4.11. The minimum absolute atomic E-state index is 0. The van der Waals surface area contributed by atoms with Gasteiger partial charge < -0.3 is 10.1 Å². The Morgan fingerprint density at radius 1 is 1.26 bits per heavy atom. The van der Waals surface area contributed by atoms with Crippen molar-refractivity contribution < 1.29 is 4.74 Å². The van der Waals surface area contributed by atoms with Crippen LogP contribution in [0.4, 0.5) is 0 Å². The van der Waals surface area contributed by atoms with E-state index in [1.54, 1.807) is 7.11 Å². The van der Waals surface area contributed by atoms with Gasteiger partial charge in [0.25, 0.3) is 0 Å². The van der Waals surface area contributed by atoms with Gasteiger partial charge in [0.1, 0.15) is 0 Å². The van der Waals surface area contributed by atoms with E-state index in [9.17, 15) is 0 Å². The third-order valence-electron chi connectivity index (χ3n) is 4.11.